The maximum Gasteiger partial charge on any atom is 0.103 e. The van der Waals surface area contributed by atoms with E-state index in [-0.39, 0.29) is 12.2 Å². The van der Waals surface area contributed by atoms with E-state index in [1.807, 2.05) is 6.92 Å². The summed E-state index contributed by atoms with van der Waals surface area (Å²) < 4.78 is 4.79. The fourth-order valence-electron chi connectivity index (χ4n) is 0.375. The molecule has 0 bridgehead atoms. The van der Waals surface area contributed by atoms with E-state index in [2.05, 4.69) is 0 Å². The van der Waals surface area contributed by atoms with Crippen LogP contribution < -0.4 is 0 Å². The van der Waals surface area contributed by atoms with Gasteiger partial charge in [-0.05, 0) is 6.92 Å². The van der Waals surface area contributed by atoms with E-state index >= 15 is 0 Å². The predicted molar refractivity (Wildman–Crippen MR) is 21.4 cm³/mol. The highest BCUT2D eigenvalue weighted by molar-refractivity contribution is 4.71. The van der Waals surface area contributed by atoms with E-state index < -0.39 is 0 Å². The van der Waals surface area contributed by atoms with E-state index in [4.69, 9.17) is 9.84 Å². The molecule has 0 aromatic heterocycles. The number of ether oxygens (including phenoxy) is 1. The summed E-state index contributed by atoms with van der Waals surface area (Å²) in [6.45, 7) is 2.38. The molecule has 1 N–H and O–H groups in total. The molecule has 0 aliphatic carbocycles. The van der Waals surface area contributed by atoms with Gasteiger partial charge in [-0.3, -0.25) is 0 Å². The molecule has 1 rings (SSSR count). The molecule has 1 aliphatic heterocycles. The van der Waals surface area contributed by atoms with Gasteiger partial charge >= 0.3 is 0 Å². The highest BCUT2D eigenvalue weighted by Crippen LogP contribution is 2.09. The molecule has 36 valence electrons. The molecule has 2 atom stereocenters. The van der Waals surface area contributed by atoms with Crippen LogP contribution in [-0.2, 0) is 4.74 Å². The van der Waals surface area contributed by atoms with Gasteiger partial charge in [0.05, 0.1) is 12.7 Å². The first-order valence-electron chi connectivity index (χ1n) is 2.10. The molecule has 0 aromatic rings. The summed E-state index contributed by atoms with van der Waals surface area (Å²) in [6.07, 6.45) is -0.102. The highest BCUT2D eigenvalue weighted by atomic mass is 16.5. The van der Waals surface area contributed by atoms with Crippen LogP contribution in [0, 0.1) is 0 Å². The third-order valence-electron chi connectivity index (χ3n) is 1.07. The lowest BCUT2D eigenvalue weighted by atomic mass is 10.2. The average Bonchev–Trinajstić information content (AvgIpc) is 1.61. The van der Waals surface area contributed by atoms with E-state index in [9.17, 15) is 0 Å². The lowest BCUT2D eigenvalue weighted by molar-refractivity contribution is -0.152. The van der Waals surface area contributed by atoms with Crippen molar-refractivity contribution in [1.82, 2.24) is 0 Å². The van der Waals surface area contributed by atoms with Gasteiger partial charge < -0.3 is 9.84 Å². The van der Waals surface area contributed by atoms with E-state index in [1.165, 1.54) is 0 Å². The topological polar surface area (TPSA) is 29.5 Å². The summed E-state index contributed by atoms with van der Waals surface area (Å²) in [5.74, 6) is 0. The summed E-state index contributed by atoms with van der Waals surface area (Å²) in [5, 5.41) is 8.59. The lowest BCUT2D eigenvalue weighted by Crippen LogP contribution is -2.42. The molecule has 0 radical (unpaired) electrons. The Bertz CT molecular complexity index is 45.5. The van der Waals surface area contributed by atoms with Gasteiger partial charge in [-0.1, -0.05) is 0 Å². The molecule has 1 heterocycles. The average molecular weight is 88.1 g/mol. The fraction of sp³-hybridized carbons (Fsp3) is 1.00. The standard InChI is InChI=1S/C4H8O2/c1-3-4(5)2-6-3/h3-5H,2H2,1H3/t3-,4-/m0/s1. The second-order valence-corrected chi connectivity index (χ2v) is 1.61. The summed E-state index contributed by atoms with van der Waals surface area (Å²) >= 11 is 0. The SMILES string of the molecule is C[C@@H]1OC[C@@H]1O. The zero-order valence-corrected chi connectivity index (χ0v) is 3.72. The first kappa shape index (κ1) is 4.09. The van der Waals surface area contributed by atoms with Gasteiger partial charge in [0.2, 0.25) is 0 Å². The van der Waals surface area contributed by atoms with Crippen LogP contribution in [0.15, 0.2) is 0 Å². The first-order chi connectivity index (χ1) is 2.80. The van der Waals surface area contributed by atoms with Crippen molar-refractivity contribution in [2.45, 2.75) is 19.1 Å². The van der Waals surface area contributed by atoms with Crippen LogP contribution in [0.4, 0.5) is 0 Å². The van der Waals surface area contributed by atoms with Crippen molar-refractivity contribution < 1.29 is 9.84 Å². The Labute approximate surface area is 36.7 Å². The number of rotatable bonds is 0. The van der Waals surface area contributed by atoms with Gasteiger partial charge in [0, 0.05) is 0 Å². The van der Waals surface area contributed by atoms with Crippen LogP contribution in [0.3, 0.4) is 0 Å². The first-order valence-corrected chi connectivity index (χ1v) is 2.10. The summed E-state index contributed by atoms with van der Waals surface area (Å²) in [5.41, 5.74) is 0. The third kappa shape index (κ3) is 0.420. The van der Waals surface area contributed by atoms with Gasteiger partial charge in [-0.2, -0.15) is 0 Å². The van der Waals surface area contributed by atoms with Crippen LogP contribution in [0.25, 0.3) is 0 Å². The van der Waals surface area contributed by atoms with Crippen molar-refractivity contribution in [2.75, 3.05) is 6.61 Å². The van der Waals surface area contributed by atoms with Gasteiger partial charge in [-0.25, -0.2) is 0 Å². The maximum atomic E-state index is 8.59. The molecule has 0 unspecified atom stereocenters. The van der Waals surface area contributed by atoms with Gasteiger partial charge in [-0.15, -0.1) is 0 Å². The van der Waals surface area contributed by atoms with Crippen LogP contribution in [0.2, 0.25) is 0 Å². The second kappa shape index (κ2) is 1.21. The Kier molecular flexibility index (Phi) is 0.821. The van der Waals surface area contributed by atoms with Crippen molar-refractivity contribution in [3.63, 3.8) is 0 Å². The van der Waals surface area contributed by atoms with Crippen LogP contribution in [-0.4, -0.2) is 23.9 Å². The summed E-state index contributed by atoms with van der Waals surface area (Å²) in [6, 6.07) is 0. The second-order valence-electron chi connectivity index (χ2n) is 1.61. The Morgan fingerprint density at radius 2 is 2.33 bits per heavy atom. The molecule has 0 aromatic carbocycles. The van der Waals surface area contributed by atoms with Gasteiger partial charge in [0.15, 0.2) is 0 Å². The van der Waals surface area contributed by atoms with E-state index in [1.54, 1.807) is 0 Å². The zero-order valence-electron chi connectivity index (χ0n) is 3.72. The summed E-state index contributed by atoms with van der Waals surface area (Å²) in [4.78, 5) is 0. The molecule has 1 saturated heterocycles. The van der Waals surface area contributed by atoms with Crippen LogP contribution in [0.1, 0.15) is 6.92 Å². The molecule has 0 amide bonds. The number of aliphatic hydroxyl groups excluding tert-OH is 1. The monoisotopic (exact) mass is 88.1 g/mol. The normalized spacial score (nSPS) is 45.0. The molecule has 2 nitrogen and oxygen atoms in total. The predicted octanol–water partition coefficient (Wildman–Crippen LogP) is -0.234. The lowest BCUT2D eigenvalue weighted by Gasteiger charge is -2.28. The summed E-state index contributed by atoms with van der Waals surface area (Å²) in [7, 11) is 0. The van der Waals surface area contributed by atoms with Gasteiger partial charge in [0.25, 0.3) is 0 Å². The Hall–Kier alpha value is -0.0800. The molecule has 1 aliphatic rings. The molecule has 2 heteroatoms. The minimum Gasteiger partial charge on any atom is -0.388 e. The molecular formula is C4H8O2. The minimum atomic E-state index is -0.190. The third-order valence-corrected chi connectivity index (χ3v) is 1.07. The van der Waals surface area contributed by atoms with Crippen LogP contribution >= 0.6 is 0 Å². The molecule has 0 saturated carbocycles. The number of hydrogen-bond donors (Lipinski definition) is 1. The largest absolute Gasteiger partial charge is 0.388 e. The minimum absolute atomic E-state index is 0.0880. The van der Waals surface area contributed by atoms with Gasteiger partial charge in [0.1, 0.15) is 6.10 Å². The van der Waals surface area contributed by atoms with E-state index in [0.717, 1.165) is 0 Å². The molecule has 1 fully saturated rings. The Morgan fingerprint density at radius 3 is 2.33 bits per heavy atom. The van der Waals surface area contributed by atoms with E-state index in [0.29, 0.717) is 6.61 Å². The van der Waals surface area contributed by atoms with Crippen molar-refractivity contribution >= 4 is 0 Å². The van der Waals surface area contributed by atoms with Crippen molar-refractivity contribution in [3.8, 4) is 0 Å². The van der Waals surface area contributed by atoms with Crippen molar-refractivity contribution in [3.05, 3.63) is 0 Å². The highest BCUT2D eigenvalue weighted by Gasteiger charge is 2.24. The fourth-order valence-corrected chi connectivity index (χ4v) is 0.375. The molecular weight excluding hydrogens is 80.0 g/mol. The van der Waals surface area contributed by atoms with Crippen LogP contribution in [0.5, 0.6) is 0 Å². The molecule has 6 heavy (non-hydrogen) atoms. The zero-order chi connectivity index (χ0) is 4.57. The maximum absolute atomic E-state index is 8.59. The quantitative estimate of drug-likeness (QED) is 0.443. The van der Waals surface area contributed by atoms with Crippen molar-refractivity contribution in [2.24, 2.45) is 0 Å². The molecule has 0 spiro atoms. The number of hydrogen-bond acceptors (Lipinski definition) is 2. The number of aliphatic hydroxyl groups is 1. The Balaban J connectivity index is 2.20. The smallest absolute Gasteiger partial charge is 0.103 e. The Morgan fingerprint density at radius 1 is 1.83 bits per heavy atom. The van der Waals surface area contributed by atoms with Crippen molar-refractivity contribution in [1.29, 1.82) is 0 Å².